The van der Waals surface area contributed by atoms with E-state index in [1.165, 1.54) is 32.4 Å². The Kier molecular flexibility index (Phi) is 8.51. The Bertz CT molecular complexity index is 963. The molecule has 1 amide bonds. The van der Waals surface area contributed by atoms with Gasteiger partial charge in [0.1, 0.15) is 6.04 Å². The Labute approximate surface area is 179 Å². The zero-order valence-electron chi connectivity index (χ0n) is 17.8. The van der Waals surface area contributed by atoms with Crippen molar-refractivity contribution >= 4 is 23.5 Å². The van der Waals surface area contributed by atoms with E-state index in [4.69, 9.17) is 9.47 Å². The Morgan fingerprint density at radius 2 is 1.84 bits per heavy atom. The van der Waals surface area contributed by atoms with E-state index < -0.39 is 29.7 Å². The number of aryl methyl sites for hydroxylation is 1. The molecule has 0 fully saturated rings. The van der Waals surface area contributed by atoms with Crippen molar-refractivity contribution in [2.24, 2.45) is 0 Å². The molecule has 2 aromatic carbocycles. The van der Waals surface area contributed by atoms with Crippen LogP contribution >= 0.6 is 0 Å². The van der Waals surface area contributed by atoms with E-state index in [2.05, 4.69) is 15.4 Å². The fraction of sp³-hybridized carbons (Fsp3) is 0.318. The summed E-state index contributed by atoms with van der Waals surface area (Å²) in [5.41, 5.74) is 1.74. The SMILES string of the molecule is CCOC(=O)[C@H](NCC(=O)Nc1cc(C(=O)OC)ccc1C)c1ccc(OC)c(F)c1. The lowest BCUT2D eigenvalue weighted by Gasteiger charge is -2.18. The highest BCUT2D eigenvalue weighted by Gasteiger charge is 2.24. The molecule has 0 aromatic heterocycles. The number of nitrogens with one attached hydrogen (secondary N) is 2. The molecule has 0 aliphatic heterocycles. The molecule has 31 heavy (non-hydrogen) atoms. The van der Waals surface area contributed by atoms with Crippen molar-refractivity contribution < 1.29 is 33.0 Å². The van der Waals surface area contributed by atoms with E-state index in [9.17, 15) is 18.8 Å². The molecule has 0 aliphatic carbocycles. The topological polar surface area (TPSA) is 103 Å². The number of hydrogen-bond acceptors (Lipinski definition) is 7. The van der Waals surface area contributed by atoms with Gasteiger partial charge in [0.05, 0.1) is 32.9 Å². The molecule has 0 bridgehead atoms. The Balaban J connectivity index is 2.14. The summed E-state index contributed by atoms with van der Waals surface area (Å²) in [4.78, 5) is 36.5. The summed E-state index contributed by atoms with van der Waals surface area (Å²) in [6.45, 7) is 3.28. The van der Waals surface area contributed by atoms with Gasteiger partial charge in [-0.05, 0) is 49.2 Å². The number of ether oxygens (including phenoxy) is 3. The van der Waals surface area contributed by atoms with Gasteiger partial charge in [0, 0.05) is 5.69 Å². The van der Waals surface area contributed by atoms with Crippen molar-refractivity contribution in [3.05, 3.63) is 58.9 Å². The summed E-state index contributed by atoms with van der Waals surface area (Å²) in [6.07, 6.45) is 0. The van der Waals surface area contributed by atoms with Gasteiger partial charge in [-0.25, -0.2) is 14.0 Å². The van der Waals surface area contributed by atoms with Crippen molar-refractivity contribution in [1.29, 1.82) is 0 Å². The van der Waals surface area contributed by atoms with Crippen LogP contribution in [0.5, 0.6) is 5.75 Å². The van der Waals surface area contributed by atoms with Crippen LogP contribution in [0.2, 0.25) is 0 Å². The third-order valence-electron chi connectivity index (χ3n) is 4.43. The third-order valence-corrected chi connectivity index (χ3v) is 4.43. The van der Waals surface area contributed by atoms with Gasteiger partial charge in [-0.2, -0.15) is 0 Å². The maximum Gasteiger partial charge on any atom is 0.337 e. The molecule has 2 rings (SSSR count). The van der Waals surface area contributed by atoms with Gasteiger partial charge in [-0.15, -0.1) is 0 Å². The van der Waals surface area contributed by atoms with Gasteiger partial charge < -0.3 is 19.5 Å². The summed E-state index contributed by atoms with van der Waals surface area (Å²) in [6, 6.07) is 7.75. The second-order valence-corrected chi connectivity index (χ2v) is 6.53. The first-order valence-corrected chi connectivity index (χ1v) is 9.53. The minimum atomic E-state index is -1.06. The number of hydrogen-bond donors (Lipinski definition) is 2. The number of methoxy groups -OCH3 is 2. The smallest absolute Gasteiger partial charge is 0.337 e. The molecule has 8 nitrogen and oxygen atoms in total. The lowest BCUT2D eigenvalue weighted by Crippen LogP contribution is -2.36. The predicted molar refractivity (Wildman–Crippen MR) is 111 cm³/mol. The number of carbonyl (C=O) groups is 3. The molecule has 2 aromatic rings. The van der Waals surface area contributed by atoms with Crippen LogP contribution in [0.25, 0.3) is 0 Å². The number of carbonyl (C=O) groups excluding carboxylic acids is 3. The Morgan fingerprint density at radius 1 is 1.10 bits per heavy atom. The van der Waals surface area contributed by atoms with Gasteiger partial charge in [-0.1, -0.05) is 12.1 Å². The summed E-state index contributed by atoms with van der Waals surface area (Å²) < 4.78 is 28.7. The van der Waals surface area contributed by atoms with Crippen molar-refractivity contribution in [2.45, 2.75) is 19.9 Å². The number of benzene rings is 2. The Morgan fingerprint density at radius 3 is 2.45 bits per heavy atom. The molecule has 0 radical (unpaired) electrons. The molecule has 0 saturated heterocycles. The zero-order chi connectivity index (χ0) is 23.0. The van der Waals surface area contributed by atoms with E-state index >= 15 is 0 Å². The van der Waals surface area contributed by atoms with E-state index in [0.717, 1.165) is 11.6 Å². The van der Waals surface area contributed by atoms with Crippen LogP contribution in [-0.2, 0) is 19.1 Å². The number of anilines is 1. The summed E-state index contributed by atoms with van der Waals surface area (Å²) in [5, 5.41) is 5.47. The molecular weight excluding hydrogens is 407 g/mol. The average Bonchev–Trinajstić information content (AvgIpc) is 2.75. The van der Waals surface area contributed by atoms with Gasteiger partial charge in [0.2, 0.25) is 5.91 Å². The average molecular weight is 432 g/mol. The van der Waals surface area contributed by atoms with Gasteiger partial charge in [-0.3, -0.25) is 10.1 Å². The predicted octanol–water partition coefficient (Wildman–Crippen LogP) is 2.76. The standard InChI is InChI=1S/C22H25FN2O6/c1-5-31-22(28)20(14-8-9-18(29-3)16(23)10-14)24-12-19(26)25-17-11-15(21(27)30-4)7-6-13(17)2/h6-11,20,24H,5,12H2,1-4H3,(H,25,26)/t20-/m1/s1. The summed E-state index contributed by atoms with van der Waals surface area (Å²) in [7, 11) is 2.60. The van der Waals surface area contributed by atoms with E-state index in [1.54, 1.807) is 26.0 Å². The largest absolute Gasteiger partial charge is 0.494 e. The molecule has 0 heterocycles. The van der Waals surface area contributed by atoms with E-state index in [-0.39, 0.29) is 30.0 Å². The first-order chi connectivity index (χ1) is 14.8. The van der Waals surface area contributed by atoms with Crippen LogP contribution in [-0.4, -0.2) is 45.2 Å². The number of halogens is 1. The summed E-state index contributed by atoms with van der Waals surface area (Å²) in [5.74, 6) is -2.25. The fourth-order valence-electron chi connectivity index (χ4n) is 2.82. The maximum atomic E-state index is 14.1. The van der Waals surface area contributed by atoms with Crippen LogP contribution < -0.4 is 15.4 Å². The zero-order valence-corrected chi connectivity index (χ0v) is 17.8. The first-order valence-electron chi connectivity index (χ1n) is 9.53. The number of amides is 1. The third kappa shape index (κ3) is 6.26. The van der Waals surface area contributed by atoms with Crippen LogP contribution in [0, 0.1) is 12.7 Å². The van der Waals surface area contributed by atoms with Crippen LogP contribution in [0.4, 0.5) is 10.1 Å². The summed E-state index contributed by atoms with van der Waals surface area (Å²) >= 11 is 0. The minimum Gasteiger partial charge on any atom is -0.494 e. The van der Waals surface area contributed by atoms with Crippen molar-refractivity contribution in [1.82, 2.24) is 5.32 Å². The number of esters is 2. The van der Waals surface area contributed by atoms with Crippen molar-refractivity contribution in [2.75, 3.05) is 32.7 Å². The highest BCUT2D eigenvalue weighted by atomic mass is 19.1. The quantitative estimate of drug-likeness (QED) is 0.588. The lowest BCUT2D eigenvalue weighted by molar-refractivity contribution is -0.145. The first kappa shape index (κ1) is 23.8. The fourth-order valence-corrected chi connectivity index (χ4v) is 2.82. The number of rotatable bonds is 9. The van der Waals surface area contributed by atoms with Crippen molar-refractivity contribution in [3.8, 4) is 5.75 Å². The minimum absolute atomic E-state index is 0.0325. The molecular formula is C22H25FN2O6. The van der Waals surface area contributed by atoms with Crippen molar-refractivity contribution in [3.63, 3.8) is 0 Å². The molecule has 0 unspecified atom stereocenters. The van der Waals surface area contributed by atoms with Gasteiger partial charge >= 0.3 is 11.9 Å². The molecule has 0 spiro atoms. The monoisotopic (exact) mass is 432 g/mol. The Hall–Kier alpha value is -3.46. The lowest BCUT2D eigenvalue weighted by atomic mass is 10.1. The molecule has 0 saturated carbocycles. The van der Waals surface area contributed by atoms with Gasteiger partial charge in [0.25, 0.3) is 0 Å². The molecule has 2 N–H and O–H groups in total. The normalized spacial score (nSPS) is 11.4. The maximum absolute atomic E-state index is 14.1. The highest BCUT2D eigenvalue weighted by Crippen LogP contribution is 2.23. The molecule has 9 heteroatoms. The van der Waals surface area contributed by atoms with Crippen LogP contribution in [0.3, 0.4) is 0 Å². The molecule has 166 valence electrons. The van der Waals surface area contributed by atoms with Gasteiger partial charge in [0.15, 0.2) is 11.6 Å². The van der Waals surface area contributed by atoms with E-state index in [0.29, 0.717) is 5.69 Å². The second-order valence-electron chi connectivity index (χ2n) is 6.53. The van der Waals surface area contributed by atoms with Crippen LogP contribution in [0.15, 0.2) is 36.4 Å². The van der Waals surface area contributed by atoms with E-state index in [1.807, 2.05) is 0 Å². The second kappa shape index (κ2) is 11.1. The molecule has 0 aliphatic rings. The molecule has 1 atom stereocenters. The van der Waals surface area contributed by atoms with Crippen LogP contribution in [0.1, 0.15) is 34.5 Å². The highest BCUT2D eigenvalue weighted by molar-refractivity contribution is 5.96.